The number of carbonyl (C=O) groups is 1. The van der Waals surface area contributed by atoms with E-state index in [0.29, 0.717) is 12.1 Å². The predicted octanol–water partition coefficient (Wildman–Crippen LogP) is 1.71. The minimum absolute atomic E-state index is 0.0380. The molecule has 5 nitrogen and oxygen atoms in total. The molecule has 1 aliphatic heterocycles. The fraction of sp³-hybridized carbons (Fsp3) is 0.650. The van der Waals surface area contributed by atoms with Crippen LogP contribution in [0.3, 0.4) is 0 Å². The van der Waals surface area contributed by atoms with E-state index in [4.69, 9.17) is 0 Å². The first-order valence-corrected chi connectivity index (χ1v) is 9.58. The van der Waals surface area contributed by atoms with Crippen molar-refractivity contribution < 1.29 is 9.90 Å². The number of hydrogen-bond donors (Lipinski definition) is 2. The van der Waals surface area contributed by atoms with Gasteiger partial charge in [-0.05, 0) is 37.6 Å². The molecule has 0 spiro atoms. The third-order valence-corrected chi connectivity index (χ3v) is 5.61. The van der Waals surface area contributed by atoms with Crippen LogP contribution < -0.4 is 5.32 Å². The predicted molar refractivity (Wildman–Crippen MR) is 99.5 cm³/mol. The van der Waals surface area contributed by atoms with Crippen molar-refractivity contribution in [2.75, 3.05) is 39.8 Å². The van der Waals surface area contributed by atoms with E-state index in [1.165, 1.54) is 5.56 Å². The molecule has 1 heterocycles. The Balaban J connectivity index is 1.47. The molecule has 2 aliphatic rings. The second-order valence-corrected chi connectivity index (χ2v) is 7.60. The first kappa shape index (κ1) is 18.4. The fourth-order valence-electron chi connectivity index (χ4n) is 3.78. The number of piperazine rings is 1. The summed E-state index contributed by atoms with van der Waals surface area (Å²) in [7, 11) is 2.16. The van der Waals surface area contributed by atoms with Gasteiger partial charge in [-0.3, -0.25) is 9.69 Å². The highest BCUT2D eigenvalue weighted by Crippen LogP contribution is 2.23. The topological polar surface area (TPSA) is 55.8 Å². The minimum Gasteiger partial charge on any atom is -0.393 e. The Morgan fingerprint density at radius 3 is 2.48 bits per heavy atom. The molecule has 3 rings (SSSR count). The van der Waals surface area contributed by atoms with Crippen molar-refractivity contribution in [3.63, 3.8) is 0 Å². The molecule has 138 valence electrons. The number of carbonyl (C=O) groups excluding carboxylic acids is 1. The van der Waals surface area contributed by atoms with Crippen molar-refractivity contribution in [1.29, 1.82) is 0 Å². The van der Waals surface area contributed by atoms with E-state index in [0.717, 1.165) is 58.4 Å². The summed E-state index contributed by atoms with van der Waals surface area (Å²) in [5.74, 6) is 0.165. The molecule has 0 unspecified atom stereocenters. The Morgan fingerprint density at radius 1 is 1.12 bits per heavy atom. The lowest BCUT2D eigenvalue weighted by molar-refractivity contribution is 0.0663. The van der Waals surface area contributed by atoms with Crippen LogP contribution in [0.25, 0.3) is 0 Å². The number of nitrogens with zero attached hydrogens (tertiary/aromatic N) is 2. The molecule has 2 atom stereocenters. The standard InChI is InChI=1S/C20H31N3O2/c1-22-10-12-23(13-11-22)15-16-6-8-17(9-7-16)20(25)21-14-18-4-2-3-5-19(18)24/h6-9,18-19,24H,2-5,10-15H2,1H3,(H,21,25)/t18-,19+/m0/s1. The lowest BCUT2D eigenvalue weighted by Crippen LogP contribution is -2.43. The van der Waals surface area contributed by atoms with Crippen LogP contribution in [-0.4, -0.2) is 66.7 Å². The maximum Gasteiger partial charge on any atom is 0.251 e. The van der Waals surface area contributed by atoms with Gasteiger partial charge >= 0.3 is 0 Å². The van der Waals surface area contributed by atoms with Crippen LogP contribution in [0.4, 0.5) is 0 Å². The summed E-state index contributed by atoms with van der Waals surface area (Å²) in [6, 6.07) is 7.95. The van der Waals surface area contributed by atoms with E-state index in [1.54, 1.807) is 0 Å². The Labute approximate surface area is 151 Å². The minimum atomic E-state index is -0.264. The van der Waals surface area contributed by atoms with Crippen LogP contribution in [0, 0.1) is 5.92 Å². The monoisotopic (exact) mass is 345 g/mol. The summed E-state index contributed by atoms with van der Waals surface area (Å²) in [5, 5.41) is 13.0. The van der Waals surface area contributed by atoms with E-state index < -0.39 is 0 Å². The zero-order valence-corrected chi connectivity index (χ0v) is 15.3. The van der Waals surface area contributed by atoms with Crippen LogP contribution in [0.15, 0.2) is 24.3 Å². The van der Waals surface area contributed by atoms with Gasteiger partial charge in [-0.15, -0.1) is 0 Å². The summed E-state index contributed by atoms with van der Waals surface area (Å²) in [6.07, 6.45) is 3.85. The van der Waals surface area contributed by atoms with Gasteiger partial charge in [0.1, 0.15) is 0 Å². The lowest BCUT2D eigenvalue weighted by Gasteiger charge is -2.32. The van der Waals surface area contributed by atoms with Crippen molar-refractivity contribution in [1.82, 2.24) is 15.1 Å². The van der Waals surface area contributed by atoms with E-state index >= 15 is 0 Å². The number of nitrogens with one attached hydrogen (secondary N) is 1. The molecule has 1 aromatic rings. The van der Waals surface area contributed by atoms with Gasteiger partial charge in [0.05, 0.1) is 6.10 Å². The van der Waals surface area contributed by atoms with Crippen LogP contribution in [-0.2, 0) is 6.54 Å². The SMILES string of the molecule is CN1CCN(Cc2ccc(C(=O)NC[C@@H]3CCCC[C@H]3O)cc2)CC1. The zero-order chi connectivity index (χ0) is 17.6. The van der Waals surface area contributed by atoms with E-state index in [2.05, 4.69) is 34.3 Å². The quantitative estimate of drug-likeness (QED) is 0.853. The summed E-state index contributed by atoms with van der Waals surface area (Å²) in [4.78, 5) is 17.1. The highest BCUT2D eigenvalue weighted by atomic mass is 16.3. The Hall–Kier alpha value is -1.43. The van der Waals surface area contributed by atoms with Crippen LogP contribution in [0.5, 0.6) is 0 Å². The van der Waals surface area contributed by atoms with Gasteiger partial charge in [0.2, 0.25) is 0 Å². The molecule has 25 heavy (non-hydrogen) atoms. The molecule has 2 N–H and O–H groups in total. The lowest BCUT2D eigenvalue weighted by atomic mass is 9.86. The van der Waals surface area contributed by atoms with Crippen LogP contribution >= 0.6 is 0 Å². The third kappa shape index (κ3) is 5.27. The average molecular weight is 345 g/mol. The molecule has 2 fully saturated rings. The number of amides is 1. The van der Waals surface area contributed by atoms with E-state index in [1.807, 2.05) is 12.1 Å². The largest absolute Gasteiger partial charge is 0.393 e. The second-order valence-electron chi connectivity index (χ2n) is 7.60. The van der Waals surface area contributed by atoms with Crippen LogP contribution in [0.2, 0.25) is 0 Å². The van der Waals surface area contributed by atoms with Gasteiger partial charge in [-0.2, -0.15) is 0 Å². The number of aliphatic hydroxyl groups is 1. The summed E-state index contributed by atoms with van der Waals surface area (Å²) < 4.78 is 0. The van der Waals surface area contributed by atoms with Gasteiger partial charge in [0.25, 0.3) is 5.91 Å². The zero-order valence-electron chi connectivity index (χ0n) is 15.3. The average Bonchev–Trinajstić information content (AvgIpc) is 2.63. The van der Waals surface area contributed by atoms with Crippen molar-refractivity contribution in [3.05, 3.63) is 35.4 Å². The molecule has 1 saturated heterocycles. The summed E-state index contributed by atoms with van der Waals surface area (Å²) in [5.41, 5.74) is 1.95. The van der Waals surface area contributed by atoms with Crippen LogP contribution in [0.1, 0.15) is 41.6 Å². The fourth-order valence-corrected chi connectivity index (χ4v) is 3.78. The molecular weight excluding hydrogens is 314 g/mol. The molecule has 0 aromatic heterocycles. The van der Waals surface area contributed by atoms with Crippen molar-refractivity contribution in [3.8, 4) is 0 Å². The highest BCUT2D eigenvalue weighted by Gasteiger charge is 2.23. The molecule has 0 bridgehead atoms. The number of rotatable bonds is 5. The number of likely N-dealkylation sites (N-methyl/N-ethyl adjacent to an activating group) is 1. The molecule has 1 amide bonds. The van der Waals surface area contributed by atoms with Gasteiger partial charge in [-0.25, -0.2) is 0 Å². The smallest absolute Gasteiger partial charge is 0.251 e. The van der Waals surface area contributed by atoms with Gasteiger partial charge in [0.15, 0.2) is 0 Å². The Kier molecular flexibility index (Phi) is 6.45. The molecule has 5 heteroatoms. The van der Waals surface area contributed by atoms with E-state index in [9.17, 15) is 9.90 Å². The van der Waals surface area contributed by atoms with Crippen molar-refractivity contribution >= 4 is 5.91 Å². The van der Waals surface area contributed by atoms with Crippen molar-refractivity contribution in [2.24, 2.45) is 5.92 Å². The maximum atomic E-state index is 12.3. The molecule has 1 aliphatic carbocycles. The highest BCUT2D eigenvalue weighted by molar-refractivity contribution is 5.94. The number of hydrogen-bond acceptors (Lipinski definition) is 4. The van der Waals surface area contributed by atoms with Crippen molar-refractivity contribution in [2.45, 2.75) is 38.3 Å². The van der Waals surface area contributed by atoms with Gasteiger partial charge in [0, 0.05) is 50.7 Å². The Bertz CT molecular complexity index is 553. The summed E-state index contributed by atoms with van der Waals surface area (Å²) >= 11 is 0. The van der Waals surface area contributed by atoms with Gasteiger partial charge < -0.3 is 15.3 Å². The number of benzene rings is 1. The first-order chi connectivity index (χ1) is 12.1. The maximum absolute atomic E-state index is 12.3. The molecular formula is C20H31N3O2. The van der Waals surface area contributed by atoms with E-state index in [-0.39, 0.29) is 17.9 Å². The van der Waals surface area contributed by atoms with Gasteiger partial charge in [-0.1, -0.05) is 25.0 Å². The third-order valence-electron chi connectivity index (χ3n) is 5.61. The Morgan fingerprint density at radius 2 is 1.80 bits per heavy atom. The summed E-state index contributed by atoms with van der Waals surface area (Å²) in [6.45, 7) is 5.96. The second kappa shape index (κ2) is 8.79. The molecule has 1 aromatic carbocycles. The number of aliphatic hydroxyl groups excluding tert-OH is 1. The first-order valence-electron chi connectivity index (χ1n) is 9.58. The molecule has 1 saturated carbocycles. The normalized spacial score (nSPS) is 25.7. The molecule has 0 radical (unpaired) electrons.